The van der Waals surface area contributed by atoms with Gasteiger partial charge in [-0.1, -0.05) is 35.0 Å². The van der Waals surface area contributed by atoms with Crippen LogP contribution in [0.3, 0.4) is 0 Å². The lowest BCUT2D eigenvalue weighted by Crippen LogP contribution is -2.42. The van der Waals surface area contributed by atoms with E-state index in [0.29, 0.717) is 27.4 Å². The Morgan fingerprint density at radius 1 is 1.41 bits per heavy atom. The summed E-state index contributed by atoms with van der Waals surface area (Å²) in [5, 5.41) is 13.4. The quantitative estimate of drug-likeness (QED) is 0.816. The average Bonchev–Trinajstić information content (AvgIpc) is 2.82. The lowest BCUT2D eigenvalue weighted by molar-refractivity contribution is -0.119. The zero-order valence-electron chi connectivity index (χ0n) is 11.8. The highest BCUT2D eigenvalue weighted by Gasteiger charge is 2.20. The Morgan fingerprint density at radius 3 is 2.82 bits per heavy atom. The van der Waals surface area contributed by atoms with Crippen molar-refractivity contribution in [2.24, 2.45) is 0 Å². The lowest BCUT2D eigenvalue weighted by atomic mass is 10.4. The lowest BCUT2D eigenvalue weighted by Gasteiger charge is -2.10. The van der Waals surface area contributed by atoms with Crippen LogP contribution in [0.4, 0.5) is 4.79 Å². The smallest absolute Gasteiger partial charge is 0.321 e. The molecule has 0 saturated carbocycles. The number of thioether (sulfide) groups is 1. The molecule has 0 aliphatic rings. The van der Waals surface area contributed by atoms with Gasteiger partial charge in [-0.2, -0.15) is 0 Å². The number of halogens is 2. The number of nitrogens with zero attached hydrogens (tertiary/aromatic N) is 3. The molecular formula is C12H13Cl2N5O2S. The zero-order valence-corrected chi connectivity index (χ0v) is 14.1. The SMILES string of the molecule is CCNC(=O)NC(=O)C(C)Sc1nnc2c(Cl)cc(Cl)cn12. The molecule has 22 heavy (non-hydrogen) atoms. The summed E-state index contributed by atoms with van der Waals surface area (Å²) in [6.07, 6.45) is 1.61. The first-order valence-electron chi connectivity index (χ1n) is 6.37. The van der Waals surface area contributed by atoms with E-state index in [9.17, 15) is 9.59 Å². The Bertz CT molecular complexity index is 721. The molecule has 2 rings (SSSR count). The molecule has 0 spiro atoms. The van der Waals surface area contributed by atoms with Crippen molar-refractivity contribution in [3.8, 4) is 0 Å². The zero-order chi connectivity index (χ0) is 16.3. The van der Waals surface area contributed by atoms with E-state index in [1.807, 2.05) is 0 Å². The molecule has 0 radical (unpaired) electrons. The van der Waals surface area contributed by atoms with Crippen LogP contribution in [0.2, 0.25) is 10.0 Å². The van der Waals surface area contributed by atoms with Crippen LogP contribution in [0.15, 0.2) is 17.4 Å². The van der Waals surface area contributed by atoms with E-state index >= 15 is 0 Å². The van der Waals surface area contributed by atoms with Crippen LogP contribution in [-0.4, -0.2) is 38.3 Å². The molecule has 1 unspecified atom stereocenters. The predicted molar refractivity (Wildman–Crippen MR) is 85.5 cm³/mol. The average molecular weight is 362 g/mol. The van der Waals surface area contributed by atoms with Gasteiger partial charge in [0.15, 0.2) is 10.8 Å². The molecule has 2 N–H and O–H groups in total. The number of hydrogen-bond donors (Lipinski definition) is 2. The van der Waals surface area contributed by atoms with Crippen molar-refractivity contribution in [3.05, 3.63) is 22.3 Å². The first-order valence-corrected chi connectivity index (χ1v) is 8.01. The first-order chi connectivity index (χ1) is 10.4. The molecule has 10 heteroatoms. The van der Waals surface area contributed by atoms with E-state index in [0.717, 1.165) is 11.8 Å². The summed E-state index contributed by atoms with van der Waals surface area (Å²) in [6, 6.07) is 1.03. The maximum Gasteiger partial charge on any atom is 0.321 e. The third-order valence-corrected chi connectivity index (χ3v) is 4.16. The van der Waals surface area contributed by atoms with Crippen LogP contribution in [0.25, 0.3) is 5.65 Å². The standard InChI is InChI=1S/C12H13Cl2N5O2S/c1-3-15-11(21)16-10(20)6(2)22-12-18-17-9-8(14)4-7(13)5-19(9)12/h4-6H,3H2,1-2H3,(H2,15,16,20,21). The second-order valence-corrected chi connectivity index (χ2v) is 6.44. The number of amides is 3. The Labute approximate surface area is 140 Å². The minimum Gasteiger partial charge on any atom is -0.338 e. The fourth-order valence-electron chi connectivity index (χ4n) is 1.61. The molecule has 2 heterocycles. The van der Waals surface area contributed by atoms with Gasteiger partial charge in [0, 0.05) is 12.7 Å². The second-order valence-electron chi connectivity index (χ2n) is 4.29. The van der Waals surface area contributed by atoms with Crippen molar-refractivity contribution in [2.45, 2.75) is 24.3 Å². The van der Waals surface area contributed by atoms with E-state index in [2.05, 4.69) is 20.8 Å². The highest BCUT2D eigenvalue weighted by molar-refractivity contribution is 8.00. The van der Waals surface area contributed by atoms with Crippen LogP contribution in [0, 0.1) is 0 Å². The molecule has 2 aromatic rings. The number of rotatable bonds is 4. The van der Waals surface area contributed by atoms with Crippen molar-refractivity contribution in [3.63, 3.8) is 0 Å². The number of hydrogen-bond acceptors (Lipinski definition) is 5. The maximum atomic E-state index is 11.9. The number of imide groups is 1. The molecule has 0 aliphatic heterocycles. The fraction of sp³-hybridized carbons (Fsp3) is 0.333. The van der Waals surface area contributed by atoms with Gasteiger partial charge in [0.1, 0.15) is 0 Å². The molecule has 1 atom stereocenters. The van der Waals surface area contributed by atoms with Gasteiger partial charge in [-0.3, -0.25) is 14.5 Å². The summed E-state index contributed by atoms with van der Waals surface area (Å²) in [5.74, 6) is -0.430. The fourth-order valence-corrected chi connectivity index (χ4v) is 2.94. The molecule has 0 aromatic carbocycles. The van der Waals surface area contributed by atoms with Gasteiger partial charge in [0.2, 0.25) is 5.91 Å². The van der Waals surface area contributed by atoms with Crippen molar-refractivity contribution in [2.75, 3.05) is 6.54 Å². The van der Waals surface area contributed by atoms with E-state index in [-0.39, 0.29) is 0 Å². The summed E-state index contributed by atoms with van der Waals surface area (Å²) < 4.78 is 1.60. The highest BCUT2D eigenvalue weighted by atomic mass is 35.5. The molecule has 0 aliphatic carbocycles. The summed E-state index contributed by atoms with van der Waals surface area (Å²) in [6.45, 7) is 3.86. The first kappa shape index (κ1) is 16.9. The number of fused-ring (bicyclic) bond motifs is 1. The Kier molecular flexibility index (Phi) is 5.49. The number of carbonyl (C=O) groups is 2. The summed E-state index contributed by atoms with van der Waals surface area (Å²) in [7, 11) is 0. The summed E-state index contributed by atoms with van der Waals surface area (Å²) >= 11 is 13.1. The van der Waals surface area contributed by atoms with Crippen LogP contribution >= 0.6 is 35.0 Å². The van der Waals surface area contributed by atoms with Gasteiger partial charge < -0.3 is 5.32 Å². The number of nitrogens with one attached hydrogen (secondary N) is 2. The molecule has 0 fully saturated rings. The summed E-state index contributed by atoms with van der Waals surface area (Å²) in [4.78, 5) is 23.3. The topological polar surface area (TPSA) is 88.4 Å². The van der Waals surface area contributed by atoms with Gasteiger partial charge in [-0.05, 0) is 19.9 Å². The Morgan fingerprint density at radius 2 is 2.14 bits per heavy atom. The van der Waals surface area contributed by atoms with Crippen molar-refractivity contribution < 1.29 is 9.59 Å². The van der Waals surface area contributed by atoms with Crippen molar-refractivity contribution >= 4 is 52.5 Å². The minimum atomic E-state index is -0.548. The van der Waals surface area contributed by atoms with Crippen molar-refractivity contribution in [1.29, 1.82) is 0 Å². The molecule has 0 bridgehead atoms. The van der Waals surface area contributed by atoms with Crippen LogP contribution in [0.1, 0.15) is 13.8 Å². The van der Waals surface area contributed by atoms with E-state index < -0.39 is 17.2 Å². The molecule has 118 valence electrons. The molecule has 2 aromatic heterocycles. The van der Waals surface area contributed by atoms with Crippen LogP contribution in [0.5, 0.6) is 0 Å². The normalized spacial score (nSPS) is 12.2. The van der Waals surface area contributed by atoms with Gasteiger partial charge in [-0.25, -0.2) is 4.79 Å². The largest absolute Gasteiger partial charge is 0.338 e. The minimum absolute atomic E-state index is 0.367. The molecule has 7 nitrogen and oxygen atoms in total. The van der Waals surface area contributed by atoms with Crippen LogP contribution in [-0.2, 0) is 4.79 Å². The number of pyridine rings is 1. The Hall–Kier alpha value is -1.51. The van der Waals surface area contributed by atoms with E-state index in [1.54, 1.807) is 30.5 Å². The molecular weight excluding hydrogens is 349 g/mol. The van der Waals surface area contributed by atoms with E-state index in [4.69, 9.17) is 23.2 Å². The van der Waals surface area contributed by atoms with Crippen molar-refractivity contribution in [1.82, 2.24) is 25.2 Å². The second kappa shape index (κ2) is 7.17. The third-order valence-electron chi connectivity index (χ3n) is 2.62. The number of carbonyl (C=O) groups excluding carboxylic acids is 2. The summed E-state index contributed by atoms with van der Waals surface area (Å²) in [5.41, 5.74) is 0.449. The third kappa shape index (κ3) is 3.82. The molecule has 3 amide bonds. The van der Waals surface area contributed by atoms with Gasteiger partial charge in [0.05, 0.1) is 15.3 Å². The van der Waals surface area contributed by atoms with Gasteiger partial charge in [-0.15, -0.1) is 10.2 Å². The van der Waals surface area contributed by atoms with Gasteiger partial charge >= 0.3 is 6.03 Å². The maximum absolute atomic E-state index is 11.9. The van der Waals surface area contributed by atoms with E-state index in [1.165, 1.54) is 0 Å². The number of aromatic nitrogens is 3. The van der Waals surface area contributed by atoms with Crippen LogP contribution < -0.4 is 10.6 Å². The molecule has 0 saturated heterocycles. The van der Waals surface area contributed by atoms with Gasteiger partial charge in [0.25, 0.3) is 0 Å². The highest BCUT2D eigenvalue weighted by Crippen LogP contribution is 2.27. The predicted octanol–water partition coefficient (Wildman–Crippen LogP) is 2.36. The monoisotopic (exact) mass is 361 g/mol. The Balaban J connectivity index is 2.13. The number of urea groups is 1.